The lowest BCUT2D eigenvalue weighted by atomic mass is 9.97. The fraction of sp³-hybridized carbons (Fsp3) is 0.909. The van der Waals surface area contributed by atoms with E-state index in [0.717, 1.165) is 0 Å². The molecule has 0 aliphatic rings. The highest BCUT2D eigenvalue weighted by Gasteiger charge is 2.17. The second-order valence-corrected chi connectivity index (χ2v) is 5.71. The van der Waals surface area contributed by atoms with Crippen LogP contribution in [0.25, 0.3) is 0 Å². The summed E-state index contributed by atoms with van der Waals surface area (Å²) in [5.41, 5.74) is 0. The van der Waals surface area contributed by atoms with Crippen LogP contribution in [0.4, 0.5) is 0 Å². The standard InChI is InChI=1S/C11H22BrNO/c1-7(2)9(5)11(14)13-6-10(12)8(3)4/h7-10H,6H2,1-5H3,(H,13,14). The van der Waals surface area contributed by atoms with Crippen molar-refractivity contribution >= 4 is 21.8 Å². The van der Waals surface area contributed by atoms with E-state index in [1.54, 1.807) is 0 Å². The topological polar surface area (TPSA) is 29.1 Å². The van der Waals surface area contributed by atoms with Crippen molar-refractivity contribution in [1.29, 1.82) is 0 Å². The minimum Gasteiger partial charge on any atom is -0.355 e. The van der Waals surface area contributed by atoms with E-state index in [0.29, 0.717) is 23.2 Å². The first kappa shape index (κ1) is 13.9. The second kappa shape index (κ2) is 6.44. The number of hydrogen-bond donors (Lipinski definition) is 1. The molecule has 2 atom stereocenters. The third kappa shape index (κ3) is 4.99. The van der Waals surface area contributed by atoms with Gasteiger partial charge in [0.15, 0.2) is 0 Å². The van der Waals surface area contributed by atoms with Crippen molar-refractivity contribution in [2.45, 2.75) is 39.4 Å². The van der Waals surface area contributed by atoms with Crippen LogP contribution < -0.4 is 5.32 Å². The summed E-state index contributed by atoms with van der Waals surface area (Å²) in [6, 6.07) is 0. The number of carbonyl (C=O) groups excluding carboxylic acids is 1. The smallest absolute Gasteiger partial charge is 0.223 e. The van der Waals surface area contributed by atoms with E-state index in [-0.39, 0.29) is 11.8 Å². The number of rotatable bonds is 5. The zero-order chi connectivity index (χ0) is 11.3. The van der Waals surface area contributed by atoms with Gasteiger partial charge in [-0.25, -0.2) is 0 Å². The summed E-state index contributed by atoms with van der Waals surface area (Å²) in [5.74, 6) is 1.21. The molecule has 0 aliphatic carbocycles. The van der Waals surface area contributed by atoms with Crippen molar-refractivity contribution in [3.05, 3.63) is 0 Å². The van der Waals surface area contributed by atoms with E-state index < -0.39 is 0 Å². The Morgan fingerprint density at radius 1 is 1.14 bits per heavy atom. The molecule has 0 aromatic heterocycles. The predicted molar refractivity (Wildman–Crippen MR) is 64.6 cm³/mol. The molecular formula is C11H22BrNO. The summed E-state index contributed by atoms with van der Waals surface area (Å²) < 4.78 is 0. The number of halogens is 1. The molecule has 0 aliphatic heterocycles. The quantitative estimate of drug-likeness (QED) is 0.760. The maximum atomic E-state index is 11.6. The molecule has 0 bridgehead atoms. The highest BCUT2D eigenvalue weighted by atomic mass is 79.9. The summed E-state index contributed by atoms with van der Waals surface area (Å²) in [6.07, 6.45) is 0. The van der Waals surface area contributed by atoms with Crippen LogP contribution in [-0.2, 0) is 4.79 Å². The van der Waals surface area contributed by atoms with Crippen LogP contribution in [0.5, 0.6) is 0 Å². The van der Waals surface area contributed by atoms with Crippen molar-refractivity contribution in [1.82, 2.24) is 5.32 Å². The highest BCUT2D eigenvalue weighted by molar-refractivity contribution is 9.09. The van der Waals surface area contributed by atoms with Gasteiger partial charge in [0.2, 0.25) is 5.91 Å². The Kier molecular flexibility index (Phi) is 6.41. The lowest BCUT2D eigenvalue weighted by Gasteiger charge is -2.18. The Morgan fingerprint density at radius 3 is 2.00 bits per heavy atom. The Labute approximate surface area is 96.0 Å². The van der Waals surface area contributed by atoms with E-state index in [4.69, 9.17) is 0 Å². The van der Waals surface area contributed by atoms with Gasteiger partial charge in [-0.1, -0.05) is 50.5 Å². The Balaban J connectivity index is 3.85. The first-order valence-electron chi connectivity index (χ1n) is 5.28. The van der Waals surface area contributed by atoms with Gasteiger partial charge in [-0.3, -0.25) is 4.79 Å². The lowest BCUT2D eigenvalue weighted by molar-refractivity contribution is -0.125. The molecule has 0 aromatic rings. The molecule has 1 amide bonds. The van der Waals surface area contributed by atoms with Crippen molar-refractivity contribution in [2.75, 3.05) is 6.54 Å². The summed E-state index contributed by atoms with van der Waals surface area (Å²) in [4.78, 5) is 11.9. The lowest BCUT2D eigenvalue weighted by Crippen LogP contribution is -2.36. The van der Waals surface area contributed by atoms with E-state index >= 15 is 0 Å². The van der Waals surface area contributed by atoms with Crippen LogP contribution in [0.2, 0.25) is 0 Å². The van der Waals surface area contributed by atoms with Gasteiger partial charge in [-0.2, -0.15) is 0 Å². The fourth-order valence-electron chi connectivity index (χ4n) is 0.898. The van der Waals surface area contributed by atoms with Crippen molar-refractivity contribution in [3.63, 3.8) is 0 Å². The average molecular weight is 264 g/mol. The fourth-order valence-corrected chi connectivity index (χ4v) is 1.06. The van der Waals surface area contributed by atoms with Crippen molar-refractivity contribution < 1.29 is 4.79 Å². The van der Waals surface area contributed by atoms with Crippen LogP contribution in [0.3, 0.4) is 0 Å². The number of carbonyl (C=O) groups is 1. The van der Waals surface area contributed by atoms with Crippen LogP contribution in [0.15, 0.2) is 0 Å². The molecule has 84 valence electrons. The van der Waals surface area contributed by atoms with E-state index in [2.05, 4.69) is 48.9 Å². The molecular weight excluding hydrogens is 242 g/mol. The minimum absolute atomic E-state index is 0.0989. The molecule has 2 nitrogen and oxygen atoms in total. The summed E-state index contributed by atoms with van der Waals surface area (Å²) >= 11 is 3.54. The van der Waals surface area contributed by atoms with E-state index in [9.17, 15) is 4.79 Å². The molecule has 0 aromatic carbocycles. The third-order valence-electron chi connectivity index (χ3n) is 2.61. The molecule has 14 heavy (non-hydrogen) atoms. The van der Waals surface area contributed by atoms with Gasteiger partial charge >= 0.3 is 0 Å². The molecule has 0 fully saturated rings. The Bertz CT molecular complexity index is 180. The van der Waals surface area contributed by atoms with Gasteiger partial charge in [0.25, 0.3) is 0 Å². The molecule has 2 unspecified atom stereocenters. The zero-order valence-electron chi connectivity index (χ0n) is 9.80. The van der Waals surface area contributed by atoms with Crippen LogP contribution >= 0.6 is 15.9 Å². The SMILES string of the molecule is CC(C)C(Br)CNC(=O)C(C)C(C)C. The summed E-state index contributed by atoms with van der Waals surface area (Å²) in [6.45, 7) is 11.1. The minimum atomic E-state index is 0.0989. The molecule has 0 saturated heterocycles. The molecule has 0 rings (SSSR count). The summed E-state index contributed by atoms with van der Waals surface area (Å²) in [7, 11) is 0. The van der Waals surface area contributed by atoms with Gasteiger partial charge in [0.1, 0.15) is 0 Å². The van der Waals surface area contributed by atoms with E-state index in [1.807, 2.05) is 6.92 Å². The maximum absolute atomic E-state index is 11.6. The molecule has 1 N–H and O–H groups in total. The van der Waals surface area contributed by atoms with Gasteiger partial charge in [-0.15, -0.1) is 0 Å². The third-order valence-corrected chi connectivity index (χ3v) is 3.99. The van der Waals surface area contributed by atoms with Crippen molar-refractivity contribution in [2.24, 2.45) is 17.8 Å². The van der Waals surface area contributed by atoms with E-state index in [1.165, 1.54) is 0 Å². The number of hydrogen-bond acceptors (Lipinski definition) is 1. The largest absolute Gasteiger partial charge is 0.355 e. The normalized spacial score (nSPS) is 15.7. The molecule has 0 heterocycles. The van der Waals surface area contributed by atoms with Crippen LogP contribution in [0.1, 0.15) is 34.6 Å². The first-order chi connectivity index (χ1) is 6.36. The highest BCUT2D eigenvalue weighted by Crippen LogP contribution is 2.12. The Morgan fingerprint density at radius 2 is 1.64 bits per heavy atom. The number of amides is 1. The zero-order valence-corrected chi connectivity index (χ0v) is 11.4. The average Bonchev–Trinajstić information content (AvgIpc) is 2.11. The molecule has 0 radical (unpaired) electrons. The van der Waals surface area contributed by atoms with Crippen LogP contribution in [0, 0.1) is 17.8 Å². The van der Waals surface area contributed by atoms with Gasteiger partial charge < -0.3 is 5.32 Å². The summed E-state index contributed by atoms with van der Waals surface area (Å²) in [5, 5.41) is 2.96. The van der Waals surface area contributed by atoms with Gasteiger partial charge in [0, 0.05) is 17.3 Å². The first-order valence-corrected chi connectivity index (χ1v) is 6.19. The Hall–Kier alpha value is -0.0500. The number of nitrogens with one attached hydrogen (secondary N) is 1. The molecule has 0 spiro atoms. The molecule has 0 saturated carbocycles. The second-order valence-electron chi connectivity index (χ2n) is 4.54. The van der Waals surface area contributed by atoms with Crippen LogP contribution in [-0.4, -0.2) is 17.3 Å². The van der Waals surface area contributed by atoms with Crippen molar-refractivity contribution in [3.8, 4) is 0 Å². The maximum Gasteiger partial charge on any atom is 0.223 e. The van der Waals surface area contributed by atoms with Gasteiger partial charge in [0.05, 0.1) is 0 Å². The predicted octanol–water partition coefficient (Wildman–Crippen LogP) is 2.81. The molecule has 3 heteroatoms. The number of alkyl halides is 1. The van der Waals surface area contributed by atoms with Gasteiger partial charge in [-0.05, 0) is 11.8 Å². The monoisotopic (exact) mass is 263 g/mol.